The molecule has 51 heavy (non-hydrogen) atoms. The Morgan fingerprint density at radius 3 is 2.35 bits per heavy atom. The lowest BCUT2D eigenvalue weighted by Gasteiger charge is -2.47. The summed E-state index contributed by atoms with van der Waals surface area (Å²) >= 11 is 0. The molecule has 2 aromatic carbocycles. The Kier molecular flexibility index (Phi) is 12.0. The van der Waals surface area contributed by atoms with Crippen molar-refractivity contribution in [3.05, 3.63) is 72.0 Å². The molecule has 276 valence electrons. The molecule has 3 unspecified atom stereocenters. The largest absolute Gasteiger partial charge is 0.563 e. The Morgan fingerprint density at radius 1 is 1.00 bits per heavy atom. The normalized spacial score (nSPS) is 22.2. The number of carbonyl (C=O) groups is 4. The standard InChI is InChI=1S/C38H51N5O8/c1-26(2)22-30(40-35(46)33-23-28-16-10-11-17-32(28)50-33)34(45)39-29-18-21-43(37(48)51-38(3,4)5,41-19-12-7-13-20-41)42(24-31(29)44)36(47)49-25-27-14-8-6-9-15-27/h6,8-11,14-17,23,26,29-31,44H,7,12-13,18-22,24-25H2,1-5H3,(H-,39,40,45,46)/p+1/t29?,30-,31?,43?/m0/s1. The number of piperidine rings is 1. The van der Waals surface area contributed by atoms with Gasteiger partial charge in [-0.25, -0.2) is 4.79 Å². The van der Waals surface area contributed by atoms with E-state index in [1.54, 1.807) is 32.9 Å². The van der Waals surface area contributed by atoms with Crippen LogP contribution < -0.4 is 10.6 Å². The predicted molar refractivity (Wildman–Crippen MR) is 190 cm³/mol. The minimum absolute atomic E-state index is 0.0115. The molecule has 0 bridgehead atoms. The first kappa shape index (κ1) is 37.8. The van der Waals surface area contributed by atoms with Gasteiger partial charge in [0.05, 0.1) is 25.2 Å². The molecule has 0 spiro atoms. The zero-order valence-electron chi connectivity index (χ0n) is 30.3. The van der Waals surface area contributed by atoms with Crippen LogP contribution in [0.5, 0.6) is 0 Å². The van der Waals surface area contributed by atoms with E-state index in [-0.39, 0.29) is 37.8 Å². The summed E-state index contributed by atoms with van der Waals surface area (Å²) in [5.41, 5.74) is 0.445. The molecule has 0 aliphatic carbocycles. The van der Waals surface area contributed by atoms with E-state index < -0.39 is 52.5 Å². The first-order valence-electron chi connectivity index (χ1n) is 17.9. The van der Waals surface area contributed by atoms with Crippen LogP contribution in [0, 0.1) is 5.92 Å². The molecule has 2 saturated heterocycles. The fourth-order valence-corrected chi connectivity index (χ4v) is 6.70. The number of aliphatic hydroxyl groups excluding tert-OH is 1. The fraction of sp³-hybridized carbons (Fsp3) is 0.526. The van der Waals surface area contributed by atoms with Crippen LogP contribution in [-0.2, 0) is 20.9 Å². The molecule has 13 heteroatoms. The van der Waals surface area contributed by atoms with Gasteiger partial charge in [-0.2, -0.15) is 4.79 Å². The SMILES string of the molecule is CC(C)C[C@H](NC(=O)c1cc2ccccc2o1)C(=O)NC1CC[N+](C(=O)OC(C)(C)C)(N2CCCCC2)N(C(=O)OCc2ccccc2)CC1O. The zero-order chi connectivity index (χ0) is 36.8. The molecule has 4 atom stereocenters. The molecule has 2 aliphatic heterocycles. The maximum atomic E-state index is 14.4. The van der Waals surface area contributed by atoms with Crippen LogP contribution in [0.2, 0.25) is 0 Å². The number of nitrogens with zero attached hydrogens (tertiary/aromatic N) is 3. The van der Waals surface area contributed by atoms with Gasteiger partial charge in [-0.15, -0.1) is 10.0 Å². The number of ether oxygens (including phenoxy) is 2. The van der Waals surface area contributed by atoms with E-state index in [1.165, 1.54) is 5.01 Å². The molecule has 3 aromatic rings. The highest BCUT2D eigenvalue weighted by Gasteiger charge is 2.58. The quantitative estimate of drug-likeness (QED) is 0.244. The van der Waals surface area contributed by atoms with Crippen molar-refractivity contribution in [1.82, 2.24) is 20.7 Å². The number of amides is 4. The molecule has 3 N–H and O–H groups in total. The number of quaternary nitrogens is 1. The lowest BCUT2D eigenvalue weighted by molar-refractivity contribution is -1.06. The zero-order valence-corrected chi connectivity index (χ0v) is 30.3. The summed E-state index contributed by atoms with van der Waals surface area (Å²) in [6.45, 7) is 9.85. The molecule has 2 aliphatic rings. The van der Waals surface area contributed by atoms with Crippen molar-refractivity contribution in [3.63, 3.8) is 0 Å². The second-order valence-electron chi connectivity index (χ2n) is 14.8. The van der Waals surface area contributed by atoms with Gasteiger partial charge in [-0.05, 0) is 68.3 Å². The predicted octanol–water partition coefficient (Wildman–Crippen LogP) is 5.53. The van der Waals surface area contributed by atoms with Gasteiger partial charge >= 0.3 is 12.2 Å². The van der Waals surface area contributed by atoms with Crippen molar-refractivity contribution in [3.8, 4) is 0 Å². The summed E-state index contributed by atoms with van der Waals surface area (Å²) < 4.78 is 16.9. The Labute approximate surface area is 299 Å². The van der Waals surface area contributed by atoms with E-state index >= 15 is 0 Å². The van der Waals surface area contributed by atoms with Crippen molar-refractivity contribution in [2.24, 2.45) is 5.92 Å². The van der Waals surface area contributed by atoms with Gasteiger partial charge < -0.3 is 29.6 Å². The van der Waals surface area contributed by atoms with Crippen LogP contribution in [-0.4, -0.2) is 93.8 Å². The van der Waals surface area contributed by atoms with Gasteiger partial charge in [0.25, 0.3) is 5.91 Å². The van der Waals surface area contributed by atoms with Gasteiger partial charge in [0.1, 0.15) is 36.9 Å². The summed E-state index contributed by atoms with van der Waals surface area (Å²) in [7, 11) is 0. The Bertz CT molecular complexity index is 1630. The fourth-order valence-electron chi connectivity index (χ4n) is 6.70. The molecule has 0 radical (unpaired) electrons. The molecular formula is C38H52N5O8+. The summed E-state index contributed by atoms with van der Waals surface area (Å²) in [6.07, 6.45) is 0.285. The van der Waals surface area contributed by atoms with E-state index in [0.29, 0.717) is 25.1 Å². The molecule has 13 nitrogen and oxygen atoms in total. The topological polar surface area (TPSA) is 151 Å². The smallest absolute Gasteiger partial charge is 0.451 e. The highest BCUT2D eigenvalue weighted by atomic mass is 16.6. The van der Waals surface area contributed by atoms with E-state index in [0.717, 1.165) is 30.2 Å². The Morgan fingerprint density at radius 2 is 1.69 bits per heavy atom. The van der Waals surface area contributed by atoms with Gasteiger partial charge in [0, 0.05) is 11.8 Å². The highest BCUT2D eigenvalue weighted by molar-refractivity contribution is 5.98. The number of carbonyl (C=O) groups excluding carboxylic acids is 4. The van der Waals surface area contributed by atoms with Gasteiger partial charge in [0.15, 0.2) is 5.76 Å². The van der Waals surface area contributed by atoms with Gasteiger partial charge in [-0.1, -0.05) is 68.8 Å². The highest BCUT2D eigenvalue weighted by Crippen LogP contribution is 2.32. The lowest BCUT2D eigenvalue weighted by atomic mass is 10.0. The van der Waals surface area contributed by atoms with Crippen LogP contribution in [0.4, 0.5) is 9.59 Å². The summed E-state index contributed by atoms with van der Waals surface area (Å²) in [6, 6.07) is 16.3. The molecule has 5 rings (SSSR count). The van der Waals surface area contributed by atoms with Crippen molar-refractivity contribution in [2.75, 3.05) is 26.2 Å². The van der Waals surface area contributed by atoms with Crippen molar-refractivity contribution in [2.45, 2.75) is 97.1 Å². The number of hydrogen-bond donors (Lipinski definition) is 3. The third-order valence-electron chi connectivity index (χ3n) is 9.18. The van der Waals surface area contributed by atoms with Crippen LogP contribution in [0.15, 0.2) is 65.1 Å². The van der Waals surface area contributed by atoms with Gasteiger partial charge in [0.2, 0.25) is 5.91 Å². The molecule has 1 aromatic heterocycles. The van der Waals surface area contributed by atoms with Gasteiger partial charge in [-0.3, -0.25) is 9.59 Å². The average Bonchev–Trinajstić information content (AvgIpc) is 3.48. The third-order valence-corrected chi connectivity index (χ3v) is 9.18. The Balaban J connectivity index is 1.42. The maximum Gasteiger partial charge on any atom is 0.563 e. The minimum atomic E-state index is -1.28. The first-order valence-corrected chi connectivity index (χ1v) is 17.9. The number of benzene rings is 2. The first-order chi connectivity index (χ1) is 24.3. The number of furan rings is 1. The van der Waals surface area contributed by atoms with Crippen molar-refractivity contribution in [1.29, 1.82) is 0 Å². The van der Waals surface area contributed by atoms with Crippen molar-refractivity contribution >= 4 is 35.0 Å². The van der Waals surface area contributed by atoms with E-state index in [4.69, 9.17) is 13.9 Å². The number of fused-ring (bicyclic) bond motifs is 1. The van der Waals surface area contributed by atoms with Crippen molar-refractivity contribution < 1.29 is 42.9 Å². The molecule has 4 amide bonds. The molecule has 2 fully saturated rings. The second kappa shape index (κ2) is 16.3. The van der Waals surface area contributed by atoms with Crippen LogP contribution in [0.3, 0.4) is 0 Å². The molecule has 3 heterocycles. The minimum Gasteiger partial charge on any atom is -0.451 e. The third kappa shape index (κ3) is 9.26. The lowest BCUT2D eigenvalue weighted by Crippen LogP contribution is -2.74. The monoisotopic (exact) mass is 706 g/mol. The van der Waals surface area contributed by atoms with Crippen LogP contribution in [0.1, 0.15) is 82.8 Å². The number of hydrogen-bond acceptors (Lipinski definition) is 9. The van der Waals surface area contributed by atoms with E-state index in [1.807, 2.05) is 67.4 Å². The van der Waals surface area contributed by atoms with E-state index in [2.05, 4.69) is 10.6 Å². The Hall–Kier alpha value is -4.46. The number of nitrogens with one attached hydrogen (secondary N) is 2. The maximum absolute atomic E-state index is 14.4. The number of β-amino-alcohol motifs (C(OH)–C–C–N with tert-alkyl or cyclic N) is 1. The number of rotatable bonds is 9. The molecule has 0 saturated carbocycles. The van der Waals surface area contributed by atoms with Crippen LogP contribution in [0.25, 0.3) is 11.0 Å². The average molecular weight is 707 g/mol. The number of aliphatic hydroxyl groups is 1. The van der Waals surface area contributed by atoms with E-state index in [9.17, 15) is 24.3 Å². The molecular weight excluding hydrogens is 654 g/mol. The summed E-state index contributed by atoms with van der Waals surface area (Å²) in [4.78, 5) is 55.7. The summed E-state index contributed by atoms with van der Waals surface area (Å²) in [5.74, 6) is -0.906. The number of para-hydroxylation sites is 1. The van der Waals surface area contributed by atoms with Crippen LogP contribution >= 0.6 is 0 Å². The summed E-state index contributed by atoms with van der Waals surface area (Å²) in [5, 5.41) is 21.4. The second-order valence-corrected chi connectivity index (χ2v) is 14.8.